The monoisotopic (exact) mass is 364 g/mol. The third kappa shape index (κ3) is 4.35. The summed E-state index contributed by atoms with van der Waals surface area (Å²) in [5.41, 5.74) is 4.53. The lowest BCUT2D eigenvalue weighted by Crippen LogP contribution is -2.38. The summed E-state index contributed by atoms with van der Waals surface area (Å²) < 4.78 is 0. The van der Waals surface area contributed by atoms with Crippen LogP contribution in [0, 0.1) is 0 Å². The van der Waals surface area contributed by atoms with Gasteiger partial charge in [0.15, 0.2) is 0 Å². The van der Waals surface area contributed by atoms with Crippen LogP contribution in [0.25, 0.3) is 11.0 Å². The average molecular weight is 364 g/mol. The van der Waals surface area contributed by atoms with Crippen LogP contribution in [0.3, 0.4) is 0 Å². The summed E-state index contributed by atoms with van der Waals surface area (Å²) in [5, 5.41) is 13.1. The van der Waals surface area contributed by atoms with Gasteiger partial charge in [-0.15, -0.1) is 0 Å². The fraction of sp³-hybridized carbons (Fsp3) is 0.333. The molecule has 3 N–H and O–H groups in total. The minimum Gasteiger partial charge on any atom is -0.390 e. The first kappa shape index (κ1) is 17.7. The maximum Gasteiger partial charge on any atom is 0.220 e. The molecule has 1 aromatic heterocycles. The number of aromatic amines is 1. The van der Waals surface area contributed by atoms with Crippen LogP contribution in [0.15, 0.2) is 48.5 Å². The molecule has 6 heteroatoms. The molecule has 4 rings (SSSR count). The largest absolute Gasteiger partial charge is 0.390 e. The van der Waals surface area contributed by atoms with Gasteiger partial charge in [-0.3, -0.25) is 9.69 Å². The van der Waals surface area contributed by atoms with E-state index in [1.807, 2.05) is 36.4 Å². The number of β-amino-alcohol motifs (C(OH)–C–C–N with tert-alkyl or cyclic N) is 1. The number of aliphatic hydroxyl groups excluding tert-OH is 1. The molecule has 0 spiro atoms. The van der Waals surface area contributed by atoms with Crippen LogP contribution >= 0.6 is 0 Å². The van der Waals surface area contributed by atoms with Gasteiger partial charge in [0.2, 0.25) is 5.91 Å². The zero-order valence-corrected chi connectivity index (χ0v) is 15.2. The fourth-order valence-corrected chi connectivity index (χ4v) is 3.57. The predicted octanol–water partition coefficient (Wildman–Crippen LogP) is 1.99. The van der Waals surface area contributed by atoms with Crippen molar-refractivity contribution in [1.82, 2.24) is 20.2 Å². The summed E-state index contributed by atoms with van der Waals surface area (Å²) in [5.74, 6) is 0.737. The van der Waals surface area contributed by atoms with E-state index in [9.17, 15) is 9.90 Å². The Morgan fingerprint density at radius 1 is 1.15 bits per heavy atom. The second kappa shape index (κ2) is 7.90. The summed E-state index contributed by atoms with van der Waals surface area (Å²) in [7, 11) is 0. The van der Waals surface area contributed by atoms with Crippen LogP contribution < -0.4 is 5.32 Å². The number of benzene rings is 2. The molecule has 1 aliphatic rings. The van der Waals surface area contributed by atoms with E-state index in [1.165, 1.54) is 11.1 Å². The number of H-pyrrole nitrogens is 1. The van der Waals surface area contributed by atoms with Crippen molar-refractivity contribution in [3.05, 3.63) is 65.5 Å². The van der Waals surface area contributed by atoms with Crippen molar-refractivity contribution in [3.63, 3.8) is 0 Å². The van der Waals surface area contributed by atoms with Crippen LogP contribution in [0.1, 0.15) is 23.4 Å². The summed E-state index contributed by atoms with van der Waals surface area (Å²) in [6, 6.07) is 16.2. The molecule has 140 valence electrons. The van der Waals surface area contributed by atoms with E-state index in [0.29, 0.717) is 19.4 Å². The number of para-hydroxylation sites is 2. The maximum atomic E-state index is 12.1. The highest BCUT2D eigenvalue weighted by molar-refractivity contribution is 5.77. The maximum absolute atomic E-state index is 12.1. The third-order valence-corrected chi connectivity index (χ3v) is 4.94. The van der Waals surface area contributed by atoms with Gasteiger partial charge in [-0.2, -0.15) is 0 Å². The summed E-state index contributed by atoms with van der Waals surface area (Å²) in [4.78, 5) is 22.0. The molecule has 27 heavy (non-hydrogen) atoms. The first-order chi connectivity index (χ1) is 13.2. The van der Waals surface area contributed by atoms with Crippen molar-refractivity contribution < 1.29 is 9.90 Å². The van der Waals surface area contributed by atoms with Gasteiger partial charge in [0.05, 0.1) is 17.1 Å². The zero-order chi connectivity index (χ0) is 18.6. The van der Waals surface area contributed by atoms with Crippen LogP contribution in [0.4, 0.5) is 0 Å². The van der Waals surface area contributed by atoms with E-state index >= 15 is 0 Å². The highest BCUT2D eigenvalue weighted by atomic mass is 16.3. The number of amides is 1. The van der Waals surface area contributed by atoms with E-state index in [4.69, 9.17) is 0 Å². The number of rotatable bonds is 7. The van der Waals surface area contributed by atoms with Gasteiger partial charge >= 0.3 is 0 Å². The Bertz CT molecular complexity index is 879. The van der Waals surface area contributed by atoms with Gasteiger partial charge in [0.1, 0.15) is 5.82 Å². The van der Waals surface area contributed by atoms with E-state index < -0.39 is 6.10 Å². The van der Waals surface area contributed by atoms with Gasteiger partial charge in [-0.1, -0.05) is 36.4 Å². The van der Waals surface area contributed by atoms with Crippen LogP contribution in [-0.4, -0.2) is 45.1 Å². The Labute approximate surface area is 158 Å². The Hall–Kier alpha value is -2.70. The highest BCUT2D eigenvalue weighted by Crippen LogP contribution is 2.22. The van der Waals surface area contributed by atoms with Gasteiger partial charge in [0, 0.05) is 39.0 Å². The summed E-state index contributed by atoms with van der Waals surface area (Å²) in [6.07, 6.45) is 0.328. The molecular formula is C21H24N4O2. The SMILES string of the molecule is O=C(CCc1nc2ccccc2[nH]1)NCC(O)CN1Cc2ccccc2C1. The van der Waals surface area contributed by atoms with Crippen molar-refractivity contribution >= 4 is 16.9 Å². The molecule has 2 aromatic carbocycles. The van der Waals surface area contributed by atoms with Crippen molar-refractivity contribution in [3.8, 4) is 0 Å². The molecule has 1 atom stereocenters. The smallest absolute Gasteiger partial charge is 0.220 e. The number of imidazole rings is 1. The minimum atomic E-state index is -0.575. The number of hydrogen-bond donors (Lipinski definition) is 3. The molecule has 0 saturated carbocycles. The van der Waals surface area contributed by atoms with Crippen molar-refractivity contribution in [1.29, 1.82) is 0 Å². The third-order valence-electron chi connectivity index (χ3n) is 4.94. The number of fused-ring (bicyclic) bond motifs is 2. The van der Waals surface area contributed by atoms with Crippen molar-refractivity contribution in [2.45, 2.75) is 32.0 Å². The second-order valence-electron chi connectivity index (χ2n) is 7.10. The average Bonchev–Trinajstić information content (AvgIpc) is 3.27. The molecule has 1 unspecified atom stereocenters. The number of aryl methyl sites for hydroxylation is 1. The first-order valence-electron chi connectivity index (χ1n) is 9.35. The zero-order valence-electron chi connectivity index (χ0n) is 15.2. The number of carbonyl (C=O) groups is 1. The lowest BCUT2D eigenvalue weighted by atomic mass is 10.1. The van der Waals surface area contributed by atoms with Gasteiger partial charge in [-0.25, -0.2) is 4.98 Å². The summed E-state index contributed by atoms with van der Waals surface area (Å²) >= 11 is 0. The molecule has 1 aliphatic heterocycles. The minimum absolute atomic E-state index is 0.0702. The molecule has 2 heterocycles. The number of aromatic nitrogens is 2. The molecule has 0 radical (unpaired) electrons. The number of aliphatic hydroxyl groups is 1. The Morgan fingerprint density at radius 3 is 2.59 bits per heavy atom. The van der Waals surface area contributed by atoms with Crippen molar-refractivity contribution in [2.24, 2.45) is 0 Å². The lowest BCUT2D eigenvalue weighted by Gasteiger charge is -2.19. The van der Waals surface area contributed by atoms with E-state index in [2.05, 4.69) is 32.3 Å². The first-order valence-corrected chi connectivity index (χ1v) is 9.35. The molecule has 0 saturated heterocycles. The number of hydrogen-bond acceptors (Lipinski definition) is 4. The Morgan fingerprint density at radius 2 is 1.85 bits per heavy atom. The predicted molar refractivity (Wildman–Crippen MR) is 104 cm³/mol. The van der Waals surface area contributed by atoms with Crippen molar-refractivity contribution in [2.75, 3.05) is 13.1 Å². The fourth-order valence-electron chi connectivity index (χ4n) is 3.57. The molecular weight excluding hydrogens is 340 g/mol. The quantitative estimate of drug-likeness (QED) is 0.599. The molecule has 6 nitrogen and oxygen atoms in total. The van der Waals surface area contributed by atoms with E-state index in [-0.39, 0.29) is 12.5 Å². The number of nitrogens with one attached hydrogen (secondary N) is 2. The van der Waals surface area contributed by atoms with Gasteiger partial charge in [-0.05, 0) is 23.3 Å². The number of nitrogens with zero attached hydrogens (tertiary/aromatic N) is 2. The Balaban J connectivity index is 1.19. The highest BCUT2D eigenvalue weighted by Gasteiger charge is 2.20. The van der Waals surface area contributed by atoms with E-state index in [0.717, 1.165) is 29.9 Å². The summed E-state index contributed by atoms with van der Waals surface area (Å²) in [6.45, 7) is 2.53. The van der Waals surface area contributed by atoms with Crippen LogP contribution in [0.2, 0.25) is 0 Å². The van der Waals surface area contributed by atoms with E-state index in [1.54, 1.807) is 0 Å². The molecule has 0 bridgehead atoms. The molecule has 3 aromatic rings. The van der Waals surface area contributed by atoms with Gasteiger partial charge in [0.25, 0.3) is 0 Å². The molecule has 1 amide bonds. The topological polar surface area (TPSA) is 81.2 Å². The standard InChI is InChI=1S/C21H24N4O2/c26-17(14-25-12-15-5-1-2-6-16(15)13-25)11-22-21(27)10-9-20-23-18-7-3-4-8-19(18)24-20/h1-8,17,26H,9-14H2,(H,22,27)(H,23,24). The lowest BCUT2D eigenvalue weighted by molar-refractivity contribution is -0.121. The van der Waals surface area contributed by atoms with Crippen LogP contribution in [-0.2, 0) is 24.3 Å². The molecule has 0 aliphatic carbocycles. The van der Waals surface area contributed by atoms with Crippen LogP contribution in [0.5, 0.6) is 0 Å². The molecule has 0 fully saturated rings. The second-order valence-corrected chi connectivity index (χ2v) is 7.10. The van der Waals surface area contributed by atoms with Gasteiger partial charge < -0.3 is 15.4 Å². The normalized spacial score (nSPS) is 15.0. The number of carbonyl (C=O) groups excluding carboxylic acids is 1. The Kier molecular flexibility index (Phi) is 5.18.